The molecule has 0 aliphatic carbocycles. The predicted octanol–water partition coefficient (Wildman–Crippen LogP) is 1.54. The van der Waals surface area contributed by atoms with Crippen molar-refractivity contribution in [2.75, 3.05) is 51.3 Å². The Labute approximate surface area is 174 Å². The Hall–Kier alpha value is -3.26. The van der Waals surface area contributed by atoms with Crippen LogP contribution in [0.25, 0.3) is 11.1 Å². The molecule has 30 heavy (non-hydrogen) atoms. The van der Waals surface area contributed by atoms with Gasteiger partial charge in [0.25, 0.3) is 0 Å². The fraction of sp³-hybridized carbons (Fsp3) is 0.364. The van der Waals surface area contributed by atoms with Gasteiger partial charge in [0.15, 0.2) is 5.58 Å². The van der Waals surface area contributed by atoms with Crippen molar-refractivity contribution >= 4 is 22.7 Å². The summed E-state index contributed by atoms with van der Waals surface area (Å²) < 4.78 is 11.7. The van der Waals surface area contributed by atoms with Gasteiger partial charge in [0, 0.05) is 45.0 Å². The van der Waals surface area contributed by atoms with Crippen LogP contribution in [0.2, 0.25) is 0 Å². The third kappa shape index (κ3) is 4.49. The molecule has 4 rings (SSSR count). The minimum absolute atomic E-state index is 0.0406. The number of rotatable bonds is 7. The van der Waals surface area contributed by atoms with Crippen LogP contribution in [-0.2, 0) is 11.3 Å². The molecule has 2 heterocycles. The lowest BCUT2D eigenvalue weighted by Crippen LogP contribution is -2.48. The summed E-state index contributed by atoms with van der Waals surface area (Å²) in [6, 6.07) is 15.2. The Morgan fingerprint density at radius 1 is 1.07 bits per heavy atom. The molecule has 0 saturated carbocycles. The second-order valence-corrected chi connectivity index (χ2v) is 7.30. The first-order chi connectivity index (χ1) is 14.6. The van der Waals surface area contributed by atoms with Crippen LogP contribution >= 0.6 is 0 Å². The Bertz CT molecular complexity index is 1050. The molecule has 1 aliphatic rings. The van der Waals surface area contributed by atoms with Crippen LogP contribution in [0.15, 0.2) is 57.7 Å². The van der Waals surface area contributed by atoms with Crippen molar-refractivity contribution in [3.63, 3.8) is 0 Å². The fourth-order valence-corrected chi connectivity index (χ4v) is 3.74. The van der Waals surface area contributed by atoms with E-state index in [1.54, 1.807) is 25.3 Å². The van der Waals surface area contributed by atoms with E-state index < -0.39 is 5.76 Å². The molecule has 1 fully saturated rings. The van der Waals surface area contributed by atoms with Crippen molar-refractivity contribution in [3.8, 4) is 5.75 Å². The highest BCUT2D eigenvalue weighted by atomic mass is 16.5. The number of hydrogen-bond acceptors (Lipinski definition) is 6. The Morgan fingerprint density at radius 3 is 2.53 bits per heavy atom. The van der Waals surface area contributed by atoms with E-state index in [1.165, 1.54) is 10.3 Å². The first-order valence-electron chi connectivity index (χ1n) is 10.1. The quantitative estimate of drug-likeness (QED) is 0.637. The fourth-order valence-electron chi connectivity index (χ4n) is 3.74. The van der Waals surface area contributed by atoms with Gasteiger partial charge in [-0.05, 0) is 36.4 Å². The van der Waals surface area contributed by atoms with Gasteiger partial charge in [-0.1, -0.05) is 12.1 Å². The number of para-hydroxylation sites is 2. The summed E-state index contributed by atoms with van der Waals surface area (Å²) in [5.74, 6) is 0.153. The van der Waals surface area contributed by atoms with E-state index in [9.17, 15) is 9.59 Å². The molecule has 1 aliphatic heterocycles. The summed E-state index contributed by atoms with van der Waals surface area (Å²) in [6.07, 6.45) is 0. The van der Waals surface area contributed by atoms with E-state index >= 15 is 0 Å². The molecule has 0 atom stereocenters. The van der Waals surface area contributed by atoms with Gasteiger partial charge >= 0.3 is 5.76 Å². The number of nitrogens with zero attached hydrogens (tertiary/aromatic N) is 3. The van der Waals surface area contributed by atoms with Gasteiger partial charge in [0.2, 0.25) is 5.91 Å². The number of oxazole rings is 1. The number of nitrogens with one attached hydrogen (secondary N) is 1. The SMILES string of the molecule is COc1ccc(N2CCN(CCNC(=O)Cn3c(=O)oc4ccccc43)CC2)cc1. The van der Waals surface area contributed by atoms with E-state index in [0.717, 1.165) is 38.5 Å². The number of methoxy groups -OCH3 is 1. The maximum Gasteiger partial charge on any atom is 0.420 e. The van der Waals surface area contributed by atoms with Gasteiger partial charge in [0.05, 0.1) is 12.6 Å². The number of carbonyl (C=O) groups excluding carboxylic acids is 1. The van der Waals surface area contributed by atoms with Crippen LogP contribution in [0.1, 0.15) is 0 Å². The highest BCUT2D eigenvalue weighted by molar-refractivity contribution is 5.79. The zero-order chi connectivity index (χ0) is 20.9. The maximum atomic E-state index is 12.3. The number of amides is 1. The molecular weight excluding hydrogens is 384 g/mol. The van der Waals surface area contributed by atoms with Gasteiger partial charge in [-0.25, -0.2) is 4.79 Å². The van der Waals surface area contributed by atoms with Crippen LogP contribution in [-0.4, -0.2) is 61.8 Å². The van der Waals surface area contributed by atoms with Crippen molar-refractivity contribution in [2.24, 2.45) is 0 Å². The van der Waals surface area contributed by atoms with Crippen LogP contribution in [0.3, 0.4) is 0 Å². The molecule has 0 bridgehead atoms. The van der Waals surface area contributed by atoms with Crippen LogP contribution in [0.4, 0.5) is 5.69 Å². The summed E-state index contributed by atoms with van der Waals surface area (Å²) in [6.45, 7) is 5.05. The normalized spacial score (nSPS) is 14.8. The number of benzene rings is 2. The van der Waals surface area contributed by atoms with Crippen molar-refractivity contribution in [1.82, 2.24) is 14.8 Å². The molecular formula is C22H26N4O4. The van der Waals surface area contributed by atoms with E-state index in [0.29, 0.717) is 17.6 Å². The van der Waals surface area contributed by atoms with Crippen LogP contribution in [0, 0.1) is 0 Å². The lowest BCUT2D eigenvalue weighted by molar-refractivity contribution is -0.121. The number of piperazine rings is 1. The third-order valence-corrected chi connectivity index (χ3v) is 5.44. The largest absolute Gasteiger partial charge is 0.497 e. The molecule has 1 N–H and O–H groups in total. The van der Waals surface area contributed by atoms with Crippen molar-refractivity contribution in [3.05, 3.63) is 59.1 Å². The zero-order valence-corrected chi connectivity index (χ0v) is 17.0. The van der Waals surface area contributed by atoms with Gasteiger partial charge in [-0.2, -0.15) is 0 Å². The van der Waals surface area contributed by atoms with E-state index in [2.05, 4.69) is 27.2 Å². The molecule has 2 aromatic carbocycles. The Morgan fingerprint density at radius 2 is 1.80 bits per heavy atom. The van der Waals surface area contributed by atoms with Gasteiger partial charge < -0.3 is 19.4 Å². The smallest absolute Gasteiger partial charge is 0.420 e. The third-order valence-electron chi connectivity index (χ3n) is 5.44. The highest BCUT2D eigenvalue weighted by Gasteiger charge is 2.17. The number of fused-ring (bicyclic) bond motifs is 1. The summed E-state index contributed by atoms with van der Waals surface area (Å²) in [4.78, 5) is 28.9. The molecule has 0 spiro atoms. The molecule has 1 aromatic heterocycles. The second-order valence-electron chi connectivity index (χ2n) is 7.30. The number of aromatic nitrogens is 1. The van der Waals surface area contributed by atoms with Crippen molar-refractivity contribution in [2.45, 2.75) is 6.54 Å². The lowest BCUT2D eigenvalue weighted by Gasteiger charge is -2.36. The average Bonchev–Trinajstić information content (AvgIpc) is 3.09. The lowest BCUT2D eigenvalue weighted by atomic mass is 10.2. The first-order valence-corrected chi connectivity index (χ1v) is 10.1. The minimum atomic E-state index is -0.513. The predicted molar refractivity (Wildman–Crippen MR) is 115 cm³/mol. The standard InChI is InChI=1S/C22H26N4O4/c1-29-18-8-6-17(7-9-18)25-14-12-24(13-15-25)11-10-23-21(27)16-26-19-4-2-3-5-20(19)30-22(26)28/h2-9H,10-16H2,1H3,(H,23,27). The highest BCUT2D eigenvalue weighted by Crippen LogP contribution is 2.20. The van der Waals surface area contributed by atoms with Gasteiger partial charge in [0.1, 0.15) is 12.3 Å². The average molecular weight is 410 g/mol. The van der Waals surface area contributed by atoms with Crippen molar-refractivity contribution in [1.29, 1.82) is 0 Å². The van der Waals surface area contributed by atoms with E-state index in [-0.39, 0.29) is 12.5 Å². The van der Waals surface area contributed by atoms with Crippen LogP contribution in [0.5, 0.6) is 5.75 Å². The van der Waals surface area contributed by atoms with Crippen LogP contribution < -0.4 is 20.7 Å². The number of carbonyl (C=O) groups is 1. The van der Waals surface area contributed by atoms with E-state index in [4.69, 9.17) is 9.15 Å². The van der Waals surface area contributed by atoms with E-state index in [1.807, 2.05) is 18.2 Å². The van der Waals surface area contributed by atoms with Gasteiger partial charge in [-0.15, -0.1) is 0 Å². The molecule has 0 radical (unpaired) electrons. The number of ether oxygens (including phenoxy) is 1. The molecule has 0 unspecified atom stereocenters. The van der Waals surface area contributed by atoms with Gasteiger partial charge in [-0.3, -0.25) is 14.3 Å². The molecule has 158 valence electrons. The van der Waals surface area contributed by atoms with Crippen molar-refractivity contribution < 1.29 is 13.9 Å². The summed E-state index contributed by atoms with van der Waals surface area (Å²) >= 11 is 0. The summed E-state index contributed by atoms with van der Waals surface area (Å²) in [5.41, 5.74) is 2.32. The zero-order valence-electron chi connectivity index (χ0n) is 17.0. The molecule has 8 heteroatoms. The number of anilines is 1. The molecule has 3 aromatic rings. The molecule has 8 nitrogen and oxygen atoms in total. The Balaban J connectivity index is 1.22. The second kappa shape index (κ2) is 9.04. The summed E-state index contributed by atoms with van der Waals surface area (Å²) in [7, 11) is 1.67. The first kappa shape index (κ1) is 20.0. The maximum absolute atomic E-state index is 12.3. The minimum Gasteiger partial charge on any atom is -0.497 e. The number of hydrogen-bond donors (Lipinski definition) is 1. The molecule has 1 saturated heterocycles. The summed E-state index contributed by atoms with van der Waals surface area (Å²) in [5, 5.41) is 2.91. The topological polar surface area (TPSA) is 80.0 Å². The Kier molecular flexibility index (Phi) is 6.04. The molecule has 1 amide bonds. The monoisotopic (exact) mass is 410 g/mol.